The Kier molecular flexibility index (Phi) is 6.66. The second-order valence-electron chi connectivity index (χ2n) is 8.22. The molecule has 1 atom stereocenters. The molecule has 3 aromatic carbocycles. The number of carbonyl (C=O) groups is 1. The van der Waals surface area contributed by atoms with Gasteiger partial charge in [0.25, 0.3) is 0 Å². The molecule has 0 unspecified atom stereocenters. The van der Waals surface area contributed by atoms with Gasteiger partial charge in [0, 0.05) is 38.7 Å². The molecule has 0 saturated heterocycles. The second kappa shape index (κ2) is 10.0. The molecular formula is C28H24ClNO4S. The SMILES string of the molecule is COc1ccc(-c2csc3c2NC(=O)C[C@H]3c2cccc(OCc3ccccc3Cl)c2)cc1OC. The van der Waals surface area contributed by atoms with Crippen LogP contribution in [0.4, 0.5) is 5.69 Å². The lowest BCUT2D eigenvalue weighted by atomic mass is 9.89. The van der Waals surface area contributed by atoms with Crippen LogP contribution in [0.5, 0.6) is 17.2 Å². The van der Waals surface area contributed by atoms with Gasteiger partial charge < -0.3 is 19.5 Å². The summed E-state index contributed by atoms with van der Waals surface area (Å²) in [6.07, 6.45) is 0.382. The third-order valence-electron chi connectivity index (χ3n) is 6.10. The molecule has 1 N–H and O–H groups in total. The lowest BCUT2D eigenvalue weighted by Crippen LogP contribution is -2.22. The van der Waals surface area contributed by atoms with Gasteiger partial charge in [0.15, 0.2) is 11.5 Å². The highest BCUT2D eigenvalue weighted by atomic mass is 35.5. The van der Waals surface area contributed by atoms with Crippen LogP contribution in [0.25, 0.3) is 11.1 Å². The Morgan fingerprint density at radius 3 is 2.63 bits per heavy atom. The predicted octanol–water partition coefficient (Wildman–Crippen LogP) is 7.14. The van der Waals surface area contributed by atoms with Crippen molar-refractivity contribution in [2.75, 3.05) is 19.5 Å². The molecule has 1 aliphatic heterocycles. The Bertz CT molecular complexity index is 1380. The number of carbonyl (C=O) groups excluding carboxylic acids is 1. The van der Waals surface area contributed by atoms with E-state index in [1.807, 2.05) is 66.7 Å². The van der Waals surface area contributed by atoms with E-state index < -0.39 is 0 Å². The maximum Gasteiger partial charge on any atom is 0.225 e. The highest BCUT2D eigenvalue weighted by Gasteiger charge is 2.31. The van der Waals surface area contributed by atoms with Gasteiger partial charge in [0.1, 0.15) is 12.4 Å². The van der Waals surface area contributed by atoms with Crippen LogP contribution in [0.15, 0.2) is 72.1 Å². The number of halogens is 1. The van der Waals surface area contributed by atoms with Crippen LogP contribution in [-0.4, -0.2) is 20.1 Å². The van der Waals surface area contributed by atoms with Gasteiger partial charge in [-0.1, -0.05) is 48.0 Å². The minimum Gasteiger partial charge on any atom is -0.493 e. The van der Waals surface area contributed by atoms with Gasteiger partial charge in [-0.3, -0.25) is 4.79 Å². The molecule has 0 fully saturated rings. The van der Waals surface area contributed by atoms with Gasteiger partial charge in [-0.05, 0) is 41.5 Å². The van der Waals surface area contributed by atoms with Crippen LogP contribution in [-0.2, 0) is 11.4 Å². The van der Waals surface area contributed by atoms with Crippen molar-refractivity contribution in [3.05, 3.63) is 93.1 Å². The topological polar surface area (TPSA) is 56.8 Å². The first-order valence-corrected chi connectivity index (χ1v) is 12.4. The fourth-order valence-corrected chi connectivity index (χ4v) is 5.66. The van der Waals surface area contributed by atoms with Gasteiger partial charge in [-0.15, -0.1) is 11.3 Å². The van der Waals surface area contributed by atoms with Crippen molar-refractivity contribution in [2.45, 2.75) is 18.9 Å². The van der Waals surface area contributed by atoms with Crippen LogP contribution < -0.4 is 19.5 Å². The van der Waals surface area contributed by atoms with Crippen molar-refractivity contribution in [1.82, 2.24) is 0 Å². The molecule has 0 bridgehead atoms. The van der Waals surface area contributed by atoms with Crippen molar-refractivity contribution >= 4 is 34.5 Å². The second-order valence-corrected chi connectivity index (χ2v) is 9.53. The summed E-state index contributed by atoms with van der Waals surface area (Å²) in [5.41, 5.74) is 4.74. The minimum atomic E-state index is -0.0542. The van der Waals surface area contributed by atoms with E-state index in [0.717, 1.165) is 38.6 Å². The van der Waals surface area contributed by atoms with Crippen LogP contribution in [0.1, 0.15) is 28.3 Å². The minimum absolute atomic E-state index is 0.00924. The normalized spacial score (nSPS) is 14.7. The van der Waals surface area contributed by atoms with Crippen LogP contribution in [0, 0.1) is 0 Å². The Morgan fingerprint density at radius 1 is 1.00 bits per heavy atom. The Balaban J connectivity index is 1.45. The zero-order chi connectivity index (χ0) is 24.4. The van der Waals surface area contributed by atoms with Crippen LogP contribution >= 0.6 is 22.9 Å². The zero-order valence-electron chi connectivity index (χ0n) is 19.3. The number of benzene rings is 3. The predicted molar refractivity (Wildman–Crippen MR) is 140 cm³/mol. The van der Waals surface area contributed by atoms with E-state index in [2.05, 4.69) is 10.7 Å². The molecule has 0 radical (unpaired) electrons. The maximum absolute atomic E-state index is 12.8. The molecule has 1 aliphatic rings. The zero-order valence-corrected chi connectivity index (χ0v) is 20.9. The van der Waals surface area contributed by atoms with Crippen molar-refractivity contribution in [3.8, 4) is 28.4 Å². The Hall–Kier alpha value is -3.48. The molecule has 7 heteroatoms. The number of thiophene rings is 1. The summed E-state index contributed by atoms with van der Waals surface area (Å²) in [5.74, 6) is 1.99. The Labute approximate surface area is 213 Å². The summed E-state index contributed by atoms with van der Waals surface area (Å²) >= 11 is 7.91. The van der Waals surface area contributed by atoms with Crippen molar-refractivity contribution in [1.29, 1.82) is 0 Å². The fourth-order valence-electron chi connectivity index (χ4n) is 4.31. The highest BCUT2D eigenvalue weighted by molar-refractivity contribution is 7.11. The number of hydrogen-bond acceptors (Lipinski definition) is 5. The maximum atomic E-state index is 12.8. The standard InChI is InChI=1S/C28H24ClNO4S/c1-32-24-11-10-18(13-25(24)33-2)22-16-35-28-21(14-26(31)30-27(22)28)17-7-5-8-20(12-17)34-15-19-6-3-4-9-23(19)29/h3-13,16,21H,14-15H2,1-2H3,(H,30,31)/t21-/m0/s1. The van der Waals surface area contributed by atoms with Crippen molar-refractivity contribution in [2.24, 2.45) is 0 Å². The van der Waals surface area contributed by atoms with E-state index in [1.165, 1.54) is 0 Å². The monoisotopic (exact) mass is 505 g/mol. The molecule has 0 saturated carbocycles. The van der Waals surface area contributed by atoms with E-state index in [1.54, 1.807) is 25.6 Å². The summed E-state index contributed by atoms with van der Waals surface area (Å²) < 4.78 is 16.9. The van der Waals surface area contributed by atoms with E-state index in [4.69, 9.17) is 25.8 Å². The third kappa shape index (κ3) is 4.72. The first-order chi connectivity index (χ1) is 17.1. The lowest BCUT2D eigenvalue weighted by molar-refractivity contribution is -0.116. The van der Waals surface area contributed by atoms with Crippen molar-refractivity contribution in [3.63, 3.8) is 0 Å². The summed E-state index contributed by atoms with van der Waals surface area (Å²) in [4.78, 5) is 13.9. The molecule has 0 spiro atoms. The number of anilines is 1. The summed E-state index contributed by atoms with van der Waals surface area (Å²) in [6.45, 7) is 0.377. The van der Waals surface area contributed by atoms with E-state index >= 15 is 0 Å². The first kappa shape index (κ1) is 23.3. The van der Waals surface area contributed by atoms with Gasteiger partial charge in [0.05, 0.1) is 19.9 Å². The molecule has 5 nitrogen and oxygen atoms in total. The number of fused-ring (bicyclic) bond motifs is 1. The summed E-state index contributed by atoms with van der Waals surface area (Å²) in [5, 5.41) is 5.86. The van der Waals surface area contributed by atoms with Gasteiger partial charge in [-0.2, -0.15) is 0 Å². The third-order valence-corrected chi connectivity index (χ3v) is 7.56. The number of hydrogen-bond donors (Lipinski definition) is 1. The molecular weight excluding hydrogens is 482 g/mol. The highest BCUT2D eigenvalue weighted by Crippen LogP contribution is 2.48. The average molecular weight is 506 g/mol. The number of ether oxygens (including phenoxy) is 3. The molecule has 5 rings (SSSR count). The summed E-state index contributed by atoms with van der Waals surface area (Å²) in [6, 6.07) is 21.4. The quantitative estimate of drug-likeness (QED) is 0.290. The van der Waals surface area contributed by atoms with E-state index in [-0.39, 0.29) is 11.8 Å². The van der Waals surface area contributed by atoms with Gasteiger partial charge >= 0.3 is 0 Å². The average Bonchev–Trinajstić information content (AvgIpc) is 3.31. The molecule has 2 heterocycles. The Morgan fingerprint density at radius 2 is 1.83 bits per heavy atom. The molecule has 35 heavy (non-hydrogen) atoms. The van der Waals surface area contributed by atoms with E-state index in [9.17, 15) is 4.79 Å². The van der Waals surface area contributed by atoms with Crippen LogP contribution in [0.2, 0.25) is 5.02 Å². The number of amides is 1. The largest absolute Gasteiger partial charge is 0.493 e. The molecule has 4 aromatic rings. The first-order valence-electron chi connectivity index (χ1n) is 11.2. The number of nitrogens with one attached hydrogen (secondary N) is 1. The van der Waals surface area contributed by atoms with Gasteiger partial charge in [0.2, 0.25) is 5.91 Å². The van der Waals surface area contributed by atoms with Gasteiger partial charge in [-0.25, -0.2) is 0 Å². The fraction of sp³-hybridized carbons (Fsp3) is 0.179. The number of rotatable bonds is 7. The molecule has 178 valence electrons. The molecule has 0 aliphatic carbocycles. The van der Waals surface area contributed by atoms with Crippen molar-refractivity contribution < 1.29 is 19.0 Å². The van der Waals surface area contributed by atoms with Crippen LogP contribution in [0.3, 0.4) is 0 Å². The molecule has 1 amide bonds. The summed E-state index contributed by atoms with van der Waals surface area (Å²) in [7, 11) is 3.23. The smallest absolute Gasteiger partial charge is 0.225 e. The van der Waals surface area contributed by atoms with E-state index in [0.29, 0.717) is 29.5 Å². The molecule has 1 aromatic heterocycles. The lowest BCUT2D eigenvalue weighted by Gasteiger charge is -2.24. The number of methoxy groups -OCH3 is 2.